The summed E-state index contributed by atoms with van der Waals surface area (Å²) in [6.07, 6.45) is 0.113. The highest BCUT2D eigenvalue weighted by atomic mass is 35.5. The van der Waals surface area contributed by atoms with Crippen LogP contribution in [0.25, 0.3) is 0 Å². The van der Waals surface area contributed by atoms with Gasteiger partial charge in [0, 0.05) is 12.5 Å². The van der Waals surface area contributed by atoms with Crippen LogP contribution in [0.4, 0.5) is 4.39 Å². The lowest BCUT2D eigenvalue weighted by molar-refractivity contribution is -0.137. The lowest BCUT2D eigenvalue weighted by Crippen LogP contribution is -2.13. The first-order valence-corrected chi connectivity index (χ1v) is 7.48. The molecule has 0 aromatic heterocycles. The Morgan fingerprint density at radius 3 is 2.61 bits per heavy atom. The summed E-state index contributed by atoms with van der Waals surface area (Å²) < 4.78 is 19.6. The van der Waals surface area contributed by atoms with Crippen molar-refractivity contribution in [2.75, 3.05) is 0 Å². The molecule has 0 saturated heterocycles. The normalized spacial score (nSPS) is 12.0. The lowest BCUT2D eigenvalue weighted by Gasteiger charge is -2.15. The van der Waals surface area contributed by atoms with Gasteiger partial charge in [0.05, 0.1) is 5.02 Å². The summed E-state index contributed by atoms with van der Waals surface area (Å²) in [6.45, 7) is 0.196. The first-order chi connectivity index (χ1) is 11.0. The molecule has 4 nitrogen and oxygen atoms in total. The van der Waals surface area contributed by atoms with Gasteiger partial charge in [0.1, 0.15) is 6.61 Å². The summed E-state index contributed by atoms with van der Waals surface area (Å²) in [5.74, 6) is -1.60. The zero-order valence-electron chi connectivity index (χ0n) is 12.3. The van der Waals surface area contributed by atoms with E-state index in [1.54, 1.807) is 0 Å². The van der Waals surface area contributed by atoms with E-state index in [0.29, 0.717) is 5.56 Å². The minimum atomic E-state index is -0.949. The van der Waals surface area contributed by atoms with Gasteiger partial charge in [-0.25, -0.2) is 4.39 Å². The molecule has 2 aromatic carbocycles. The molecule has 2 aromatic rings. The molecule has 0 heterocycles. The third-order valence-electron chi connectivity index (χ3n) is 3.34. The van der Waals surface area contributed by atoms with Crippen LogP contribution in [0, 0.1) is 5.82 Å². The number of carboxylic acid groups (broad SMARTS) is 1. The molecular formula is C17H17ClFNO3. The predicted octanol–water partition coefficient (Wildman–Crippen LogP) is 3.92. The van der Waals surface area contributed by atoms with Crippen molar-refractivity contribution in [3.05, 3.63) is 64.4 Å². The summed E-state index contributed by atoms with van der Waals surface area (Å²) in [5.41, 5.74) is 7.21. The number of rotatable bonds is 7. The third-order valence-corrected chi connectivity index (χ3v) is 3.62. The maximum Gasteiger partial charge on any atom is 0.303 e. The minimum Gasteiger partial charge on any atom is -0.484 e. The van der Waals surface area contributed by atoms with Gasteiger partial charge in [0.25, 0.3) is 0 Å². The fourth-order valence-electron chi connectivity index (χ4n) is 2.11. The van der Waals surface area contributed by atoms with Crippen molar-refractivity contribution in [1.29, 1.82) is 0 Å². The molecule has 0 fully saturated rings. The Morgan fingerprint density at radius 2 is 2.00 bits per heavy atom. The smallest absolute Gasteiger partial charge is 0.303 e. The first kappa shape index (κ1) is 17.2. The fraction of sp³-hybridized carbons (Fsp3) is 0.235. The summed E-state index contributed by atoms with van der Waals surface area (Å²) in [6, 6.07) is 11.5. The van der Waals surface area contributed by atoms with Crippen molar-refractivity contribution in [3.63, 3.8) is 0 Å². The Kier molecular flexibility index (Phi) is 5.96. The van der Waals surface area contributed by atoms with Gasteiger partial charge in [-0.1, -0.05) is 41.9 Å². The average molecular weight is 338 g/mol. The Morgan fingerprint density at radius 1 is 1.30 bits per heavy atom. The second-order valence-electron chi connectivity index (χ2n) is 5.13. The van der Waals surface area contributed by atoms with Gasteiger partial charge in [-0.05, 0) is 29.7 Å². The molecule has 0 spiro atoms. The molecule has 0 aliphatic carbocycles. The molecule has 2 rings (SSSR count). The summed E-state index contributed by atoms with van der Waals surface area (Å²) in [5, 5.41) is 8.78. The Labute approximate surface area is 138 Å². The van der Waals surface area contributed by atoms with Crippen molar-refractivity contribution < 1.29 is 19.0 Å². The monoisotopic (exact) mass is 337 g/mol. The van der Waals surface area contributed by atoms with Crippen molar-refractivity contribution >= 4 is 17.6 Å². The molecule has 23 heavy (non-hydrogen) atoms. The maximum absolute atomic E-state index is 14.2. The number of ether oxygens (including phenoxy) is 1. The van der Waals surface area contributed by atoms with Crippen molar-refractivity contribution in [2.24, 2.45) is 5.73 Å². The maximum atomic E-state index is 14.2. The molecule has 0 radical (unpaired) electrons. The van der Waals surface area contributed by atoms with E-state index in [9.17, 15) is 9.18 Å². The van der Waals surface area contributed by atoms with E-state index in [2.05, 4.69) is 0 Å². The molecule has 0 bridgehead atoms. The molecule has 1 atom stereocenters. The number of aliphatic carboxylic acids is 1. The van der Waals surface area contributed by atoms with Crippen molar-refractivity contribution in [2.45, 2.75) is 25.5 Å². The van der Waals surface area contributed by atoms with E-state index < -0.39 is 17.8 Å². The van der Waals surface area contributed by atoms with E-state index in [1.165, 1.54) is 12.1 Å². The summed E-state index contributed by atoms with van der Waals surface area (Å²) >= 11 is 6.07. The van der Waals surface area contributed by atoms with Gasteiger partial charge in [0.15, 0.2) is 11.6 Å². The van der Waals surface area contributed by atoms with Crippen molar-refractivity contribution in [3.8, 4) is 5.75 Å². The van der Waals surface area contributed by atoms with Crippen LogP contribution < -0.4 is 10.5 Å². The van der Waals surface area contributed by atoms with Gasteiger partial charge in [-0.2, -0.15) is 0 Å². The van der Waals surface area contributed by atoms with E-state index in [0.717, 1.165) is 5.56 Å². The predicted molar refractivity (Wildman–Crippen MR) is 86.0 cm³/mol. The minimum absolute atomic E-state index is 0.0373. The molecular weight excluding hydrogens is 321 g/mol. The van der Waals surface area contributed by atoms with Crippen LogP contribution >= 0.6 is 11.6 Å². The molecule has 0 saturated carbocycles. The highest BCUT2D eigenvalue weighted by Crippen LogP contribution is 2.32. The van der Waals surface area contributed by atoms with Gasteiger partial charge in [0.2, 0.25) is 0 Å². The standard InChI is InChI=1S/C17H17ClFNO3/c18-13-8-12(15(20)6-7-16(21)22)9-14(19)17(13)23-10-11-4-2-1-3-5-11/h1-5,8-9,15H,6-7,10,20H2,(H,21,22). The lowest BCUT2D eigenvalue weighted by atomic mass is 10.0. The number of carboxylic acids is 1. The highest BCUT2D eigenvalue weighted by Gasteiger charge is 2.16. The van der Waals surface area contributed by atoms with E-state index >= 15 is 0 Å². The SMILES string of the molecule is NC(CCC(=O)O)c1cc(F)c(OCc2ccccc2)c(Cl)c1. The highest BCUT2D eigenvalue weighted by molar-refractivity contribution is 6.32. The van der Waals surface area contributed by atoms with Crippen LogP contribution in [-0.2, 0) is 11.4 Å². The molecule has 122 valence electrons. The van der Waals surface area contributed by atoms with Gasteiger partial charge in [-0.3, -0.25) is 4.79 Å². The van der Waals surface area contributed by atoms with Crippen molar-refractivity contribution in [1.82, 2.24) is 0 Å². The van der Waals surface area contributed by atoms with Crippen LogP contribution in [0.5, 0.6) is 5.75 Å². The van der Waals surface area contributed by atoms with E-state index in [4.69, 9.17) is 27.2 Å². The number of hydrogen-bond donors (Lipinski definition) is 2. The fourth-order valence-corrected chi connectivity index (χ4v) is 2.38. The molecule has 6 heteroatoms. The van der Waals surface area contributed by atoms with Crippen LogP contribution in [0.15, 0.2) is 42.5 Å². The van der Waals surface area contributed by atoms with Gasteiger partial charge >= 0.3 is 5.97 Å². The quantitative estimate of drug-likeness (QED) is 0.803. The summed E-state index contributed by atoms with van der Waals surface area (Å²) in [4.78, 5) is 10.6. The molecule has 0 aliphatic heterocycles. The largest absolute Gasteiger partial charge is 0.484 e. The zero-order valence-corrected chi connectivity index (χ0v) is 13.1. The number of hydrogen-bond acceptors (Lipinski definition) is 3. The average Bonchev–Trinajstić information content (AvgIpc) is 2.52. The Bertz CT molecular complexity index is 656. The zero-order chi connectivity index (χ0) is 16.8. The number of nitrogens with two attached hydrogens (primary N) is 1. The van der Waals surface area contributed by atoms with E-state index in [1.807, 2.05) is 30.3 Å². The first-order valence-electron chi connectivity index (χ1n) is 7.10. The molecule has 0 amide bonds. The van der Waals surface area contributed by atoms with Crippen LogP contribution in [0.1, 0.15) is 30.0 Å². The van der Waals surface area contributed by atoms with E-state index in [-0.39, 0.29) is 30.2 Å². The molecule has 0 aliphatic rings. The van der Waals surface area contributed by atoms with Gasteiger partial charge < -0.3 is 15.6 Å². The number of carbonyl (C=O) groups is 1. The molecule has 3 N–H and O–H groups in total. The third kappa shape index (κ3) is 4.94. The summed E-state index contributed by atoms with van der Waals surface area (Å²) in [7, 11) is 0. The second kappa shape index (κ2) is 7.94. The topological polar surface area (TPSA) is 72.6 Å². The number of benzene rings is 2. The second-order valence-corrected chi connectivity index (χ2v) is 5.53. The van der Waals surface area contributed by atoms with Crippen LogP contribution in [0.2, 0.25) is 5.02 Å². The Balaban J connectivity index is 2.09. The van der Waals surface area contributed by atoms with Crippen LogP contribution in [0.3, 0.4) is 0 Å². The Hall–Kier alpha value is -2.11. The number of halogens is 2. The van der Waals surface area contributed by atoms with Gasteiger partial charge in [-0.15, -0.1) is 0 Å². The molecule has 1 unspecified atom stereocenters. The van der Waals surface area contributed by atoms with Crippen LogP contribution in [-0.4, -0.2) is 11.1 Å².